The Bertz CT molecular complexity index is 287. The second-order valence-electron chi connectivity index (χ2n) is 2.79. The number of hydrogen-bond donors (Lipinski definition) is 2. The van der Waals surface area contributed by atoms with Crippen LogP contribution in [0, 0.1) is 0 Å². The molecule has 1 unspecified atom stereocenters. The third-order valence-corrected chi connectivity index (χ3v) is 1.76. The summed E-state index contributed by atoms with van der Waals surface area (Å²) in [7, 11) is 0. The van der Waals surface area contributed by atoms with Crippen LogP contribution in [0.25, 0.3) is 0 Å². The molecule has 76 valence electrons. The van der Waals surface area contributed by atoms with Crippen LogP contribution in [0.2, 0.25) is 0 Å². The minimum absolute atomic E-state index is 0.335. The topological polar surface area (TPSA) is 64.3 Å². The van der Waals surface area contributed by atoms with Crippen molar-refractivity contribution in [1.82, 2.24) is 5.48 Å². The molecule has 14 heavy (non-hydrogen) atoms. The van der Waals surface area contributed by atoms with E-state index in [9.17, 15) is 4.79 Å². The average Bonchev–Trinajstić information content (AvgIpc) is 2.26. The molecule has 1 rings (SSSR count). The van der Waals surface area contributed by atoms with Gasteiger partial charge in [-0.1, -0.05) is 30.3 Å². The van der Waals surface area contributed by atoms with Crippen molar-refractivity contribution in [2.45, 2.75) is 13.0 Å². The van der Waals surface area contributed by atoms with Crippen molar-refractivity contribution in [3.63, 3.8) is 0 Å². The highest BCUT2D eigenvalue weighted by Crippen LogP contribution is 2.08. The predicted molar refractivity (Wildman–Crippen MR) is 53.1 cm³/mol. The molecule has 0 heterocycles. The minimum Gasteiger partial charge on any atom is -0.316 e. The van der Waals surface area contributed by atoms with Crippen molar-refractivity contribution in [3.05, 3.63) is 35.9 Å². The molecule has 0 saturated heterocycles. The van der Waals surface area contributed by atoms with E-state index >= 15 is 0 Å². The molecule has 4 nitrogen and oxygen atoms in total. The summed E-state index contributed by atoms with van der Waals surface area (Å²) in [6.07, 6.45) is 0. The van der Waals surface area contributed by atoms with Gasteiger partial charge in [-0.15, -0.1) is 0 Å². The smallest absolute Gasteiger partial charge is 0.265 e. The molecule has 0 radical (unpaired) electrons. The Morgan fingerprint density at radius 1 is 1.50 bits per heavy atom. The van der Waals surface area contributed by atoms with Gasteiger partial charge in [-0.2, -0.15) is 0 Å². The van der Waals surface area contributed by atoms with Crippen molar-refractivity contribution < 1.29 is 9.63 Å². The van der Waals surface area contributed by atoms with Crippen LogP contribution < -0.4 is 11.2 Å². The third-order valence-electron chi connectivity index (χ3n) is 1.76. The van der Waals surface area contributed by atoms with E-state index in [4.69, 9.17) is 10.6 Å². The molecule has 0 bridgehead atoms. The fourth-order valence-electron chi connectivity index (χ4n) is 1.02. The van der Waals surface area contributed by atoms with E-state index in [1.807, 2.05) is 18.2 Å². The normalized spacial score (nSPS) is 12.1. The van der Waals surface area contributed by atoms with E-state index in [1.165, 1.54) is 0 Å². The molecule has 0 saturated carbocycles. The Balaban J connectivity index is 2.57. The number of rotatable bonds is 4. The molecular formula is C10H14N2O2. The number of hydrogen-bond acceptors (Lipinski definition) is 3. The number of nitrogens with one attached hydrogen (secondary N) is 1. The van der Waals surface area contributed by atoms with Crippen molar-refractivity contribution in [2.75, 3.05) is 6.61 Å². The van der Waals surface area contributed by atoms with E-state index < -0.39 is 6.04 Å². The summed E-state index contributed by atoms with van der Waals surface area (Å²) >= 11 is 0. The van der Waals surface area contributed by atoms with E-state index in [1.54, 1.807) is 19.1 Å². The summed E-state index contributed by atoms with van der Waals surface area (Å²) in [6, 6.07) is 8.47. The van der Waals surface area contributed by atoms with Crippen molar-refractivity contribution in [1.29, 1.82) is 0 Å². The number of nitrogens with two attached hydrogens (primary N) is 1. The predicted octanol–water partition coefficient (Wildman–Crippen LogP) is 0.754. The zero-order valence-electron chi connectivity index (χ0n) is 8.07. The van der Waals surface area contributed by atoms with E-state index in [2.05, 4.69) is 5.48 Å². The van der Waals surface area contributed by atoms with Gasteiger partial charge < -0.3 is 5.73 Å². The molecule has 0 spiro atoms. The highest BCUT2D eigenvalue weighted by Gasteiger charge is 2.14. The molecule has 3 N–H and O–H groups in total. The maximum atomic E-state index is 11.3. The van der Waals surface area contributed by atoms with Crippen LogP contribution in [0.5, 0.6) is 0 Å². The fourth-order valence-corrected chi connectivity index (χ4v) is 1.02. The molecular weight excluding hydrogens is 180 g/mol. The van der Waals surface area contributed by atoms with Gasteiger partial charge in [0.15, 0.2) is 0 Å². The first-order valence-corrected chi connectivity index (χ1v) is 4.48. The summed E-state index contributed by atoms with van der Waals surface area (Å²) in [5.41, 5.74) is 8.72. The molecule has 0 aromatic heterocycles. The van der Waals surface area contributed by atoms with Gasteiger partial charge in [0.25, 0.3) is 5.91 Å². The van der Waals surface area contributed by atoms with Crippen LogP contribution in [-0.4, -0.2) is 12.5 Å². The highest BCUT2D eigenvalue weighted by atomic mass is 16.6. The van der Waals surface area contributed by atoms with Gasteiger partial charge in [-0.3, -0.25) is 9.63 Å². The van der Waals surface area contributed by atoms with Crippen molar-refractivity contribution in [3.8, 4) is 0 Å². The van der Waals surface area contributed by atoms with Crippen molar-refractivity contribution in [2.24, 2.45) is 5.73 Å². The van der Waals surface area contributed by atoms with Crippen LogP contribution >= 0.6 is 0 Å². The fraction of sp³-hybridized carbons (Fsp3) is 0.300. The lowest BCUT2D eigenvalue weighted by Gasteiger charge is -2.11. The van der Waals surface area contributed by atoms with Gasteiger partial charge in [0.2, 0.25) is 0 Å². The van der Waals surface area contributed by atoms with Gasteiger partial charge in [0.05, 0.1) is 6.61 Å². The average molecular weight is 194 g/mol. The Morgan fingerprint density at radius 2 is 2.14 bits per heavy atom. The standard InChI is InChI=1S/C10H14N2O2/c1-2-14-12-10(13)9(11)8-6-4-3-5-7-8/h3-7,9H,2,11H2,1H3,(H,12,13). The van der Waals surface area contributed by atoms with Crippen LogP contribution in [0.1, 0.15) is 18.5 Å². The van der Waals surface area contributed by atoms with E-state index in [-0.39, 0.29) is 5.91 Å². The molecule has 1 atom stereocenters. The number of benzene rings is 1. The molecule has 1 aromatic carbocycles. The van der Waals surface area contributed by atoms with Crippen molar-refractivity contribution >= 4 is 5.91 Å². The third kappa shape index (κ3) is 2.83. The lowest BCUT2D eigenvalue weighted by atomic mass is 10.1. The van der Waals surface area contributed by atoms with Gasteiger partial charge in [0, 0.05) is 0 Å². The summed E-state index contributed by atoms with van der Waals surface area (Å²) in [5, 5.41) is 0. The van der Waals surface area contributed by atoms with Gasteiger partial charge in [0.1, 0.15) is 6.04 Å². The van der Waals surface area contributed by atoms with Gasteiger partial charge in [-0.05, 0) is 12.5 Å². The lowest BCUT2D eigenvalue weighted by molar-refractivity contribution is -0.134. The number of amides is 1. The number of carbonyl (C=O) groups is 1. The largest absolute Gasteiger partial charge is 0.316 e. The Morgan fingerprint density at radius 3 is 2.71 bits per heavy atom. The summed E-state index contributed by atoms with van der Waals surface area (Å²) in [5.74, 6) is -0.335. The Labute approximate surface area is 83.0 Å². The molecule has 1 aromatic rings. The van der Waals surface area contributed by atoms with Crippen LogP contribution in [-0.2, 0) is 9.63 Å². The SMILES string of the molecule is CCONC(=O)C(N)c1ccccc1. The zero-order chi connectivity index (χ0) is 10.4. The second kappa shape index (κ2) is 5.36. The summed E-state index contributed by atoms with van der Waals surface area (Å²) in [4.78, 5) is 16.1. The highest BCUT2D eigenvalue weighted by molar-refractivity contribution is 5.81. The van der Waals surface area contributed by atoms with Crippen LogP contribution in [0.15, 0.2) is 30.3 Å². The second-order valence-corrected chi connectivity index (χ2v) is 2.79. The van der Waals surface area contributed by atoms with Crippen LogP contribution in [0.3, 0.4) is 0 Å². The minimum atomic E-state index is -0.678. The molecule has 0 aliphatic carbocycles. The Kier molecular flexibility index (Phi) is 4.10. The monoisotopic (exact) mass is 194 g/mol. The van der Waals surface area contributed by atoms with Gasteiger partial charge >= 0.3 is 0 Å². The van der Waals surface area contributed by atoms with E-state index in [0.29, 0.717) is 6.61 Å². The zero-order valence-corrected chi connectivity index (χ0v) is 8.07. The molecule has 0 aliphatic heterocycles. The van der Waals surface area contributed by atoms with Gasteiger partial charge in [-0.25, -0.2) is 5.48 Å². The lowest BCUT2D eigenvalue weighted by Crippen LogP contribution is -2.34. The maximum absolute atomic E-state index is 11.3. The maximum Gasteiger partial charge on any atom is 0.265 e. The number of hydroxylamine groups is 1. The quantitative estimate of drug-likeness (QED) is 0.695. The van der Waals surface area contributed by atoms with Crippen LogP contribution in [0.4, 0.5) is 0 Å². The molecule has 1 amide bonds. The first kappa shape index (κ1) is 10.7. The number of carbonyl (C=O) groups excluding carboxylic acids is 1. The molecule has 0 aliphatic rings. The summed E-state index contributed by atoms with van der Waals surface area (Å²) < 4.78 is 0. The first-order chi connectivity index (χ1) is 6.75. The molecule has 0 fully saturated rings. The molecule has 4 heteroatoms. The first-order valence-electron chi connectivity index (χ1n) is 4.48. The Hall–Kier alpha value is -1.39. The summed E-state index contributed by atoms with van der Waals surface area (Å²) in [6.45, 7) is 2.21. The van der Waals surface area contributed by atoms with E-state index in [0.717, 1.165) is 5.56 Å².